The number of nitrogens with zero attached hydrogens (tertiary/aromatic N) is 1. The highest BCUT2D eigenvalue weighted by molar-refractivity contribution is 5.94. The van der Waals surface area contributed by atoms with Gasteiger partial charge in [0.25, 0.3) is 5.91 Å². The van der Waals surface area contributed by atoms with Crippen LogP contribution in [0.5, 0.6) is 0 Å². The average molecular weight is 233 g/mol. The maximum absolute atomic E-state index is 12.1. The van der Waals surface area contributed by atoms with Gasteiger partial charge in [0.1, 0.15) is 0 Å². The predicted octanol–water partition coefficient (Wildman–Crippen LogP) is 1.16. The SMILES string of the molecule is CCNc1ccc(C(=O)N2CCNCC2)cc1. The Bertz CT molecular complexity index is 369. The lowest BCUT2D eigenvalue weighted by Gasteiger charge is -2.27. The highest BCUT2D eigenvalue weighted by atomic mass is 16.2. The largest absolute Gasteiger partial charge is 0.385 e. The fourth-order valence-electron chi connectivity index (χ4n) is 1.99. The monoisotopic (exact) mass is 233 g/mol. The van der Waals surface area contributed by atoms with Crippen molar-refractivity contribution in [2.75, 3.05) is 38.0 Å². The summed E-state index contributed by atoms with van der Waals surface area (Å²) >= 11 is 0. The average Bonchev–Trinajstić information content (AvgIpc) is 2.40. The molecule has 0 aromatic heterocycles. The van der Waals surface area contributed by atoms with Gasteiger partial charge in [0, 0.05) is 44.0 Å². The van der Waals surface area contributed by atoms with Crippen LogP contribution >= 0.6 is 0 Å². The molecule has 1 aliphatic heterocycles. The van der Waals surface area contributed by atoms with Gasteiger partial charge in [-0.2, -0.15) is 0 Å². The van der Waals surface area contributed by atoms with Gasteiger partial charge in [-0.1, -0.05) is 0 Å². The second-order valence-corrected chi connectivity index (χ2v) is 4.15. The lowest BCUT2D eigenvalue weighted by Crippen LogP contribution is -2.46. The summed E-state index contributed by atoms with van der Waals surface area (Å²) in [6.07, 6.45) is 0. The normalized spacial score (nSPS) is 15.7. The van der Waals surface area contributed by atoms with Crippen LogP contribution < -0.4 is 10.6 Å². The maximum Gasteiger partial charge on any atom is 0.253 e. The van der Waals surface area contributed by atoms with Crippen molar-refractivity contribution in [3.05, 3.63) is 29.8 Å². The molecule has 0 spiro atoms. The van der Waals surface area contributed by atoms with Gasteiger partial charge in [0.15, 0.2) is 0 Å². The van der Waals surface area contributed by atoms with E-state index >= 15 is 0 Å². The van der Waals surface area contributed by atoms with Crippen molar-refractivity contribution >= 4 is 11.6 Å². The van der Waals surface area contributed by atoms with Crippen LogP contribution in [-0.4, -0.2) is 43.5 Å². The molecule has 17 heavy (non-hydrogen) atoms. The number of anilines is 1. The van der Waals surface area contributed by atoms with E-state index < -0.39 is 0 Å². The Balaban J connectivity index is 2.03. The summed E-state index contributed by atoms with van der Waals surface area (Å²) in [6.45, 7) is 6.33. The minimum absolute atomic E-state index is 0.134. The van der Waals surface area contributed by atoms with Gasteiger partial charge in [0.2, 0.25) is 0 Å². The molecule has 1 amide bonds. The van der Waals surface area contributed by atoms with Gasteiger partial charge in [0.05, 0.1) is 0 Å². The quantitative estimate of drug-likeness (QED) is 0.823. The van der Waals surface area contributed by atoms with Crippen molar-refractivity contribution in [1.29, 1.82) is 0 Å². The molecule has 2 rings (SSSR count). The fraction of sp³-hybridized carbons (Fsp3) is 0.462. The van der Waals surface area contributed by atoms with Crippen LogP contribution in [0.4, 0.5) is 5.69 Å². The molecule has 1 fully saturated rings. The van der Waals surface area contributed by atoms with Crippen LogP contribution in [0.25, 0.3) is 0 Å². The molecule has 1 aromatic rings. The molecule has 1 aromatic carbocycles. The number of hydrogen-bond donors (Lipinski definition) is 2. The molecule has 1 saturated heterocycles. The second-order valence-electron chi connectivity index (χ2n) is 4.15. The molecule has 0 aliphatic carbocycles. The van der Waals surface area contributed by atoms with Gasteiger partial charge >= 0.3 is 0 Å². The first-order valence-corrected chi connectivity index (χ1v) is 6.15. The number of nitrogens with one attached hydrogen (secondary N) is 2. The molecule has 1 heterocycles. The number of piperazine rings is 1. The van der Waals surface area contributed by atoms with Crippen LogP contribution in [0, 0.1) is 0 Å². The lowest BCUT2D eigenvalue weighted by molar-refractivity contribution is 0.0736. The number of rotatable bonds is 3. The molecule has 0 bridgehead atoms. The van der Waals surface area contributed by atoms with Gasteiger partial charge in [-0.25, -0.2) is 0 Å². The first kappa shape index (κ1) is 11.9. The molecule has 2 N–H and O–H groups in total. The highest BCUT2D eigenvalue weighted by Crippen LogP contribution is 2.11. The molecule has 4 nitrogen and oxygen atoms in total. The molecule has 0 radical (unpaired) electrons. The molecular weight excluding hydrogens is 214 g/mol. The maximum atomic E-state index is 12.1. The van der Waals surface area contributed by atoms with E-state index in [1.54, 1.807) is 0 Å². The highest BCUT2D eigenvalue weighted by Gasteiger charge is 2.17. The third-order valence-electron chi connectivity index (χ3n) is 2.92. The fourth-order valence-corrected chi connectivity index (χ4v) is 1.99. The van der Waals surface area contributed by atoms with Crippen LogP contribution in [-0.2, 0) is 0 Å². The molecule has 4 heteroatoms. The van der Waals surface area contributed by atoms with E-state index in [4.69, 9.17) is 0 Å². The number of carbonyl (C=O) groups excluding carboxylic acids is 1. The van der Waals surface area contributed by atoms with E-state index in [-0.39, 0.29) is 5.91 Å². The number of benzene rings is 1. The standard InChI is InChI=1S/C13H19N3O/c1-2-15-12-5-3-11(4-6-12)13(17)16-9-7-14-8-10-16/h3-6,14-15H,2,7-10H2,1H3. The van der Waals surface area contributed by atoms with Crippen molar-refractivity contribution in [2.45, 2.75) is 6.92 Å². The summed E-state index contributed by atoms with van der Waals surface area (Å²) in [5.74, 6) is 0.134. The van der Waals surface area contributed by atoms with Crippen LogP contribution in [0.3, 0.4) is 0 Å². The summed E-state index contributed by atoms with van der Waals surface area (Å²) in [5, 5.41) is 6.46. The Morgan fingerprint density at radius 3 is 2.53 bits per heavy atom. The Morgan fingerprint density at radius 2 is 1.94 bits per heavy atom. The van der Waals surface area contributed by atoms with Gasteiger partial charge in [-0.05, 0) is 31.2 Å². The number of amides is 1. The summed E-state index contributed by atoms with van der Waals surface area (Å²) in [5.41, 5.74) is 1.83. The molecule has 1 aliphatic rings. The Labute approximate surface area is 102 Å². The van der Waals surface area contributed by atoms with E-state index in [9.17, 15) is 4.79 Å². The molecule has 0 atom stereocenters. The number of hydrogen-bond acceptors (Lipinski definition) is 3. The minimum Gasteiger partial charge on any atom is -0.385 e. The summed E-state index contributed by atoms with van der Waals surface area (Å²) in [4.78, 5) is 14.0. The van der Waals surface area contributed by atoms with Crippen molar-refractivity contribution in [2.24, 2.45) is 0 Å². The molecule has 0 unspecified atom stereocenters. The first-order valence-electron chi connectivity index (χ1n) is 6.15. The Hall–Kier alpha value is -1.55. The van der Waals surface area contributed by atoms with Gasteiger partial charge < -0.3 is 15.5 Å². The molecule has 0 saturated carbocycles. The van der Waals surface area contributed by atoms with Crippen molar-refractivity contribution in [3.8, 4) is 0 Å². The third kappa shape index (κ3) is 2.97. The second kappa shape index (κ2) is 5.68. The van der Waals surface area contributed by atoms with E-state index in [0.29, 0.717) is 0 Å². The zero-order valence-electron chi connectivity index (χ0n) is 10.2. The predicted molar refractivity (Wildman–Crippen MR) is 69.4 cm³/mol. The summed E-state index contributed by atoms with van der Waals surface area (Å²) < 4.78 is 0. The van der Waals surface area contributed by atoms with Crippen LogP contribution in [0.2, 0.25) is 0 Å². The van der Waals surface area contributed by atoms with E-state index in [1.165, 1.54) is 0 Å². The van der Waals surface area contributed by atoms with Crippen LogP contribution in [0.1, 0.15) is 17.3 Å². The summed E-state index contributed by atoms with van der Waals surface area (Å²) in [7, 11) is 0. The summed E-state index contributed by atoms with van der Waals surface area (Å²) in [6, 6.07) is 7.70. The minimum atomic E-state index is 0.134. The first-order chi connectivity index (χ1) is 8.31. The van der Waals surface area contributed by atoms with E-state index in [2.05, 4.69) is 17.6 Å². The van der Waals surface area contributed by atoms with Gasteiger partial charge in [-0.15, -0.1) is 0 Å². The zero-order valence-corrected chi connectivity index (χ0v) is 10.2. The molecule has 92 valence electrons. The van der Waals surface area contributed by atoms with Crippen LogP contribution in [0.15, 0.2) is 24.3 Å². The topological polar surface area (TPSA) is 44.4 Å². The Kier molecular flexibility index (Phi) is 3.98. The third-order valence-corrected chi connectivity index (χ3v) is 2.92. The molecular formula is C13H19N3O. The van der Waals surface area contributed by atoms with Gasteiger partial charge in [-0.3, -0.25) is 4.79 Å². The lowest BCUT2D eigenvalue weighted by atomic mass is 10.1. The van der Waals surface area contributed by atoms with Crippen molar-refractivity contribution in [1.82, 2.24) is 10.2 Å². The van der Waals surface area contributed by atoms with E-state index in [0.717, 1.165) is 44.0 Å². The zero-order chi connectivity index (χ0) is 12.1. The van der Waals surface area contributed by atoms with Crippen molar-refractivity contribution < 1.29 is 4.79 Å². The smallest absolute Gasteiger partial charge is 0.253 e. The van der Waals surface area contributed by atoms with Crippen molar-refractivity contribution in [3.63, 3.8) is 0 Å². The Morgan fingerprint density at radius 1 is 1.29 bits per heavy atom. The van der Waals surface area contributed by atoms with E-state index in [1.807, 2.05) is 29.2 Å². The number of carbonyl (C=O) groups is 1.